The van der Waals surface area contributed by atoms with E-state index in [-0.39, 0.29) is 11.9 Å². The molecule has 1 unspecified atom stereocenters. The Morgan fingerprint density at radius 1 is 1.80 bits per heavy atom. The Morgan fingerprint density at radius 3 is 2.93 bits per heavy atom. The van der Waals surface area contributed by atoms with Crippen LogP contribution < -0.4 is 5.32 Å². The van der Waals surface area contributed by atoms with E-state index in [1.807, 2.05) is 13.8 Å². The zero-order chi connectivity index (χ0) is 11.4. The van der Waals surface area contributed by atoms with Gasteiger partial charge in [-0.3, -0.25) is 9.48 Å². The number of hydrogen-bond donors (Lipinski definition) is 1. The monoisotopic (exact) mass is 205 g/mol. The van der Waals surface area contributed by atoms with Gasteiger partial charge in [0.15, 0.2) is 0 Å². The third kappa shape index (κ3) is 2.59. The molecule has 80 valence electrons. The molecule has 0 saturated heterocycles. The highest BCUT2D eigenvalue weighted by atomic mass is 16.1. The second-order valence-corrected chi connectivity index (χ2v) is 3.55. The van der Waals surface area contributed by atoms with Crippen molar-refractivity contribution < 1.29 is 4.79 Å². The Bertz CT molecular complexity index is 400. The molecular weight excluding hydrogens is 190 g/mol. The fourth-order valence-electron chi connectivity index (χ4n) is 1.25. The lowest BCUT2D eigenvalue weighted by Gasteiger charge is -2.10. The maximum Gasteiger partial charge on any atom is 0.254 e. The summed E-state index contributed by atoms with van der Waals surface area (Å²) in [6.45, 7) is 3.73. The average molecular weight is 205 g/mol. The van der Waals surface area contributed by atoms with Crippen molar-refractivity contribution >= 4 is 5.91 Å². The zero-order valence-corrected chi connectivity index (χ0v) is 9.24. The van der Waals surface area contributed by atoms with Gasteiger partial charge >= 0.3 is 0 Å². The number of nitrogens with zero attached hydrogens (tertiary/aromatic N) is 2. The van der Waals surface area contributed by atoms with Gasteiger partial charge in [0.2, 0.25) is 0 Å². The molecule has 1 aromatic heterocycles. The molecule has 0 aliphatic carbocycles. The summed E-state index contributed by atoms with van der Waals surface area (Å²) in [5.41, 5.74) is 1.45. The summed E-state index contributed by atoms with van der Waals surface area (Å²) in [7, 11) is 1.80. The van der Waals surface area contributed by atoms with Crippen LogP contribution in [0.3, 0.4) is 0 Å². The first-order valence-electron chi connectivity index (χ1n) is 4.79. The van der Waals surface area contributed by atoms with Crippen LogP contribution in [0.25, 0.3) is 0 Å². The molecule has 0 aliphatic rings. The molecule has 4 nitrogen and oxygen atoms in total. The highest BCUT2D eigenvalue weighted by Gasteiger charge is 2.14. The van der Waals surface area contributed by atoms with E-state index in [4.69, 9.17) is 6.42 Å². The number of aromatic nitrogens is 2. The summed E-state index contributed by atoms with van der Waals surface area (Å²) in [5, 5.41) is 6.82. The molecule has 0 aromatic carbocycles. The molecule has 0 spiro atoms. The lowest BCUT2D eigenvalue weighted by atomic mass is 10.2. The Balaban J connectivity index is 2.70. The van der Waals surface area contributed by atoms with E-state index in [0.29, 0.717) is 12.0 Å². The van der Waals surface area contributed by atoms with Crippen molar-refractivity contribution in [3.05, 3.63) is 17.5 Å². The van der Waals surface area contributed by atoms with Crippen LogP contribution >= 0.6 is 0 Å². The highest BCUT2D eigenvalue weighted by molar-refractivity contribution is 5.95. The molecule has 1 atom stereocenters. The van der Waals surface area contributed by atoms with Crippen molar-refractivity contribution in [1.29, 1.82) is 0 Å². The number of terminal acetylenes is 1. The third-order valence-corrected chi connectivity index (χ3v) is 2.28. The number of aryl methyl sites for hydroxylation is 1. The summed E-state index contributed by atoms with van der Waals surface area (Å²) in [4.78, 5) is 11.7. The van der Waals surface area contributed by atoms with Gasteiger partial charge in [-0.1, -0.05) is 0 Å². The average Bonchev–Trinajstić information content (AvgIpc) is 2.48. The van der Waals surface area contributed by atoms with Crippen molar-refractivity contribution in [2.75, 3.05) is 0 Å². The molecule has 4 heteroatoms. The quantitative estimate of drug-likeness (QED) is 0.744. The first-order valence-corrected chi connectivity index (χ1v) is 4.79. The van der Waals surface area contributed by atoms with Crippen LogP contribution in [0.4, 0.5) is 0 Å². The van der Waals surface area contributed by atoms with Crippen molar-refractivity contribution in [3.63, 3.8) is 0 Å². The van der Waals surface area contributed by atoms with Gasteiger partial charge < -0.3 is 5.32 Å². The predicted octanol–water partition coefficient (Wildman–Crippen LogP) is 0.870. The van der Waals surface area contributed by atoms with E-state index in [1.54, 1.807) is 17.9 Å². The summed E-state index contributed by atoms with van der Waals surface area (Å²) in [6, 6.07) is -0.0119. The lowest BCUT2D eigenvalue weighted by molar-refractivity contribution is 0.0940. The maximum absolute atomic E-state index is 11.7. The van der Waals surface area contributed by atoms with Gasteiger partial charge in [0.25, 0.3) is 5.91 Å². The van der Waals surface area contributed by atoms with Crippen molar-refractivity contribution in [1.82, 2.24) is 15.1 Å². The predicted molar refractivity (Wildman–Crippen MR) is 58.3 cm³/mol. The van der Waals surface area contributed by atoms with Crippen LogP contribution in [-0.4, -0.2) is 21.7 Å². The minimum absolute atomic E-state index is 0.0119. The fraction of sp³-hybridized carbons (Fsp3) is 0.455. The first-order chi connectivity index (χ1) is 7.06. The zero-order valence-electron chi connectivity index (χ0n) is 9.24. The Morgan fingerprint density at radius 2 is 2.47 bits per heavy atom. The number of carbonyl (C=O) groups is 1. The Hall–Kier alpha value is -1.76. The van der Waals surface area contributed by atoms with E-state index in [0.717, 1.165) is 5.69 Å². The van der Waals surface area contributed by atoms with Gasteiger partial charge in [0.05, 0.1) is 11.8 Å². The van der Waals surface area contributed by atoms with Crippen molar-refractivity contribution in [2.24, 2.45) is 7.05 Å². The van der Waals surface area contributed by atoms with Gasteiger partial charge in [-0.25, -0.2) is 0 Å². The number of nitrogens with one attached hydrogen (secondary N) is 1. The smallest absolute Gasteiger partial charge is 0.254 e. The molecule has 0 aliphatic heterocycles. The topological polar surface area (TPSA) is 46.9 Å². The maximum atomic E-state index is 11.7. The number of carbonyl (C=O) groups excluding carboxylic acids is 1. The molecule has 0 fully saturated rings. The van der Waals surface area contributed by atoms with Crippen LogP contribution in [0, 0.1) is 19.3 Å². The highest BCUT2D eigenvalue weighted by Crippen LogP contribution is 2.05. The normalized spacial score (nSPS) is 11.9. The Labute approximate surface area is 89.7 Å². The number of hydrogen-bond acceptors (Lipinski definition) is 2. The molecule has 1 heterocycles. The molecule has 1 aromatic rings. The van der Waals surface area contributed by atoms with E-state index in [9.17, 15) is 4.79 Å². The van der Waals surface area contributed by atoms with Crippen LogP contribution in [0.1, 0.15) is 29.4 Å². The standard InChI is InChI=1S/C11H15N3O/c1-5-6-8(2)13-11(15)10-7-12-14(4)9(10)3/h1,7-8H,6H2,2-4H3,(H,13,15). The number of amides is 1. The molecule has 0 saturated carbocycles. The third-order valence-electron chi connectivity index (χ3n) is 2.28. The van der Waals surface area contributed by atoms with Crippen LogP contribution in [0.2, 0.25) is 0 Å². The summed E-state index contributed by atoms with van der Waals surface area (Å²) < 4.78 is 1.67. The van der Waals surface area contributed by atoms with Gasteiger partial charge in [-0.2, -0.15) is 5.10 Å². The first kappa shape index (κ1) is 11.3. The summed E-state index contributed by atoms with van der Waals surface area (Å²) >= 11 is 0. The molecule has 1 N–H and O–H groups in total. The van der Waals surface area contributed by atoms with Gasteiger partial charge in [0.1, 0.15) is 0 Å². The molecule has 1 amide bonds. The summed E-state index contributed by atoms with van der Waals surface area (Å²) in [5.74, 6) is 2.39. The minimum atomic E-state index is -0.122. The Kier molecular flexibility index (Phi) is 3.51. The van der Waals surface area contributed by atoms with Crippen LogP contribution in [0.5, 0.6) is 0 Å². The second kappa shape index (κ2) is 4.65. The van der Waals surface area contributed by atoms with Gasteiger partial charge in [-0.15, -0.1) is 12.3 Å². The molecule has 0 bridgehead atoms. The van der Waals surface area contributed by atoms with E-state index in [1.165, 1.54) is 0 Å². The molecule has 1 rings (SSSR count). The van der Waals surface area contributed by atoms with Crippen LogP contribution in [0.15, 0.2) is 6.20 Å². The van der Waals surface area contributed by atoms with Crippen molar-refractivity contribution in [3.8, 4) is 12.3 Å². The van der Waals surface area contributed by atoms with Gasteiger partial charge in [0, 0.05) is 25.2 Å². The minimum Gasteiger partial charge on any atom is -0.349 e. The molecule has 0 radical (unpaired) electrons. The van der Waals surface area contributed by atoms with Crippen LogP contribution in [-0.2, 0) is 7.05 Å². The van der Waals surface area contributed by atoms with Crippen molar-refractivity contribution in [2.45, 2.75) is 26.3 Å². The molecule has 15 heavy (non-hydrogen) atoms. The largest absolute Gasteiger partial charge is 0.349 e. The second-order valence-electron chi connectivity index (χ2n) is 3.55. The van der Waals surface area contributed by atoms with Gasteiger partial charge in [-0.05, 0) is 13.8 Å². The van der Waals surface area contributed by atoms with E-state index in [2.05, 4.69) is 16.3 Å². The molecular formula is C11H15N3O. The van der Waals surface area contributed by atoms with E-state index < -0.39 is 0 Å². The SMILES string of the molecule is C#CCC(C)NC(=O)c1cnn(C)c1C. The van der Waals surface area contributed by atoms with E-state index >= 15 is 0 Å². The lowest BCUT2D eigenvalue weighted by Crippen LogP contribution is -2.32. The summed E-state index contributed by atoms with van der Waals surface area (Å²) in [6.07, 6.45) is 7.26. The fourth-order valence-corrected chi connectivity index (χ4v) is 1.25. The number of rotatable bonds is 3.